The first kappa shape index (κ1) is 23.3. The minimum atomic E-state index is -0.908. The molecule has 0 saturated carbocycles. The third-order valence-electron chi connectivity index (χ3n) is 5.98. The summed E-state index contributed by atoms with van der Waals surface area (Å²) in [6.45, 7) is 4.23. The van der Waals surface area contributed by atoms with Crippen molar-refractivity contribution in [3.05, 3.63) is 59.7 Å². The Morgan fingerprint density at radius 2 is 1.62 bits per heavy atom. The van der Waals surface area contributed by atoms with Crippen molar-refractivity contribution in [2.24, 2.45) is 5.92 Å². The SMILES string of the molecule is CCC(C)C(NC(=O)OCC1c2ccccc2-c2ccccc21)C(=O)NCCCC(=O)O. The van der Waals surface area contributed by atoms with Gasteiger partial charge < -0.3 is 20.5 Å². The predicted molar refractivity (Wildman–Crippen MR) is 121 cm³/mol. The van der Waals surface area contributed by atoms with Gasteiger partial charge in [0.1, 0.15) is 12.6 Å². The van der Waals surface area contributed by atoms with Gasteiger partial charge in [-0.25, -0.2) is 4.79 Å². The van der Waals surface area contributed by atoms with Crippen LogP contribution in [0.4, 0.5) is 4.79 Å². The Bertz CT molecular complexity index is 929. The third kappa shape index (κ3) is 5.46. The summed E-state index contributed by atoms with van der Waals surface area (Å²) >= 11 is 0. The van der Waals surface area contributed by atoms with Crippen LogP contribution in [0, 0.1) is 5.92 Å². The molecule has 0 bridgehead atoms. The van der Waals surface area contributed by atoms with E-state index in [-0.39, 0.29) is 37.3 Å². The van der Waals surface area contributed by atoms with Crippen molar-refractivity contribution in [3.63, 3.8) is 0 Å². The van der Waals surface area contributed by atoms with Crippen LogP contribution in [0.5, 0.6) is 0 Å². The third-order valence-corrected chi connectivity index (χ3v) is 5.98. The zero-order valence-corrected chi connectivity index (χ0v) is 18.5. The second kappa shape index (κ2) is 10.8. The Morgan fingerprint density at radius 1 is 1.03 bits per heavy atom. The van der Waals surface area contributed by atoms with Crippen molar-refractivity contribution in [1.29, 1.82) is 0 Å². The molecule has 7 heteroatoms. The van der Waals surface area contributed by atoms with Gasteiger partial charge >= 0.3 is 12.1 Å². The highest BCUT2D eigenvalue weighted by atomic mass is 16.5. The van der Waals surface area contributed by atoms with E-state index < -0.39 is 18.1 Å². The number of carboxylic acids is 1. The van der Waals surface area contributed by atoms with Gasteiger partial charge in [-0.1, -0.05) is 68.8 Å². The Labute approximate surface area is 188 Å². The first-order chi connectivity index (χ1) is 15.4. The number of carbonyl (C=O) groups excluding carboxylic acids is 2. The number of hydrogen-bond donors (Lipinski definition) is 3. The van der Waals surface area contributed by atoms with Gasteiger partial charge in [0.25, 0.3) is 0 Å². The van der Waals surface area contributed by atoms with Gasteiger partial charge in [-0.15, -0.1) is 0 Å². The van der Waals surface area contributed by atoms with Crippen LogP contribution in [-0.4, -0.2) is 42.3 Å². The fraction of sp³-hybridized carbons (Fsp3) is 0.400. The van der Waals surface area contributed by atoms with Gasteiger partial charge in [0, 0.05) is 18.9 Å². The lowest BCUT2D eigenvalue weighted by atomic mass is 9.98. The van der Waals surface area contributed by atoms with Crippen LogP contribution in [0.2, 0.25) is 0 Å². The molecule has 0 aromatic heterocycles. The van der Waals surface area contributed by atoms with Crippen LogP contribution in [0.1, 0.15) is 50.2 Å². The number of hydrogen-bond acceptors (Lipinski definition) is 4. The quantitative estimate of drug-likeness (QED) is 0.488. The number of carboxylic acid groups (broad SMARTS) is 1. The highest BCUT2D eigenvalue weighted by molar-refractivity contribution is 5.86. The molecule has 7 nitrogen and oxygen atoms in total. The van der Waals surface area contributed by atoms with E-state index >= 15 is 0 Å². The molecular weight excluding hydrogens is 408 g/mol. The van der Waals surface area contributed by atoms with Gasteiger partial charge in [0.2, 0.25) is 5.91 Å². The van der Waals surface area contributed by atoms with E-state index in [0.29, 0.717) is 12.8 Å². The second-order valence-electron chi connectivity index (χ2n) is 8.12. The smallest absolute Gasteiger partial charge is 0.407 e. The van der Waals surface area contributed by atoms with E-state index in [1.165, 1.54) is 0 Å². The van der Waals surface area contributed by atoms with Crippen LogP contribution < -0.4 is 10.6 Å². The van der Waals surface area contributed by atoms with Crippen molar-refractivity contribution in [2.45, 2.75) is 45.1 Å². The molecule has 170 valence electrons. The summed E-state index contributed by atoms with van der Waals surface area (Å²) in [6, 6.07) is 15.4. The van der Waals surface area contributed by atoms with Crippen molar-refractivity contribution in [1.82, 2.24) is 10.6 Å². The van der Waals surface area contributed by atoms with Crippen molar-refractivity contribution in [2.75, 3.05) is 13.2 Å². The molecule has 0 heterocycles. The van der Waals surface area contributed by atoms with Crippen LogP contribution in [0.3, 0.4) is 0 Å². The summed E-state index contributed by atoms with van der Waals surface area (Å²) in [5.74, 6) is -1.40. The molecule has 2 aromatic carbocycles. The summed E-state index contributed by atoms with van der Waals surface area (Å²) in [4.78, 5) is 35.8. The average Bonchev–Trinajstić information content (AvgIpc) is 3.12. The van der Waals surface area contributed by atoms with Gasteiger partial charge in [0.15, 0.2) is 0 Å². The fourth-order valence-electron chi connectivity index (χ4n) is 4.03. The molecule has 3 rings (SSSR count). The van der Waals surface area contributed by atoms with Crippen molar-refractivity contribution >= 4 is 18.0 Å². The lowest BCUT2D eigenvalue weighted by Gasteiger charge is -2.24. The standard InChI is InChI=1S/C25H30N2O5/c1-3-16(2)23(24(30)26-14-8-13-22(28)29)27-25(31)32-15-21-19-11-6-4-9-17(19)18-10-5-7-12-20(18)21/h4-7,9-12,16,21,23H,3,8,13-15H2,1-2H3,(H,26,30)(H,27,31)(H,28,29). The Hall–Kier alpha value is -3.35. The summed E-state index contributed by atoms with van der Waals surface area (Å²) in [7, 11) is 0. The predicted octanol–water partition coefficient (Wildman–Crippen LogP) is 3.92. The number of carbonyl (C=O) groups is 3. The minimum Gasteiger partial charge on any atom is -0.481 e. The number of fused-ring (bicyclic) bond motifs is 3. The normalized spacial score (nSPS) is 14.1. The van der Waals surface area contributed by atoms with Crippen LogP contribution in [0.15, 0.2) is 48.5 Å². The number of benzene rings is 2. The monoisotopic (exact) mass is 438 g/mol. The second-order valence-corrected chi connectivity index (χ2v) is 8.12. The van der Waals surface area contributed by atoms with Crippen molar-refractivity contribution in [3.8, 4) is 11.1 Å². The first-order valence-corrected chi connectivity index (χ1v) is 11.0. The molecule has 2 unspecified atom stereocenters. The van der Waals surface area contributed by atoms with Gasteiger partial charge in [-0.05, 0) is 34.6 Å². The van der Waals surface area contributed by atoms with Gasteiger partial charge in [-0.2, -0.15) is 0 Å². The summed E-state index contributed by atoms with van der Waals surface area (Å²) in [5.41, 5.74) is 4.54. The Kier molecular flexibility index (Phi) is 7.87. The largest absolute Gasteiger partial charge is 0.481 e. The highest BCUT2D eigenvalue weighted by Crippen LogP contribution is 2.44. The maximum Gasteiger partial charge on any atom is 0.407 e. The van der Waals surface area contributed by atoms with E-state index in [9.17, 15) is 14.4 Å². The molecule has 2 atom stereocenters. The molecule has 2 aromatic rings. The maximum absolute atomic E-state index is 12.6. The van der Waals surface area contributed by atoms with Crippen LogP contribution in [0.25, 0.3) is 11.1 Å². The topological polar surface area (TPSA) is 105 Å². The molecule has 0 aliphatic heterocycles. The zero-order chi connectivity index (χ0) is 23.1. The number of aliphatic carboxylic acids is 1. The maximum atomic E-state index is 12.6. The lowest BCUT2D eigenvalue weighted by molar-refractivity contribution is -0.137. The Morgan fingerprint density at radius 3 is 2.19 bits per heavy atom. The summed E-state index contributed by atoms with van der Waals surface area (Å²) in [5, 5.41) is 14.1. The van der Waals surface area contributed by atoms with E-state index in [1.807, 2.05) is 50.2 Å². The number of alkyl carbamates (subject to hydrolysis) is 1. The number of nitrogens with one attached hydrogen (secondary N) is 2. The average molecular weight is 439 g/mol. The molecule has 32 heavy (non-hydrogen) atoms. The Balaban J connectivity index is 1.61. The zero-order valence-electron chi connectivity index (χ0n) is 18.5. The molecule has 1 aliphatic carbocycles. The first-order valence-electron chi connectivity index (χ1n) is 11.0. The summed E-state index contributed by atoms with van der Waals surface area (Å²) in [6.07, 6.45) is 0.363. The molecule has 1 aliphatic rings. The lowest BCUT2D eigenvalue weighted by Crippen LogP contribution is -2.50. The van der Waals surface area contributed by atoms with Crippen molar-refractivity contribution < 1.29 is 24.2 Å². The molecule has 0 fully saturated rings. The molecule has 0 radical (unpaired) electrons. The number of amides is 2. The minimum absolute atomic E-state index is 0.0198. The number of rotatable bonds is 10. The molecule has 2 amide bonds. The molecule has 0 spiro atoms. The van der Waals surface area contributed by atoms with E-state index in [1.54, 1.807) is 0 Å². The van der Waals surface area contributed by atoms with E-state index in [2.05, 4.69) is 22.8 Å². The number of ether oxygens (including phenoxy) is 1. The van der Waals surface area contributed by atoms with Crippen LogP contribution >= 0.6 is 0 Å². The molecular formula is C25H30N2O5. The highest BCUT2D eigenvalue weighted by Gasteiger charge is 2.30. The van der Waals surface area contributed by atoms with E-state index in [4.69, 9.17) is 9.84 Å². The summed E-state index contributed by atoms with van der Waals surface area (Å²) < 4.78 is 5.56. The fourth-order valence-corrected chi connectivity index (χ4v) is 4.03. The van der Waals surface area contributed by atoms with E-state index in [0.717, 1.165) is 22.3 Å². The van der Waals surface area contributed by atoms with Gasteiger partial charge in [-0.3, -0.25) is 9.59 Å². The van der Waals surface area contributed by atoms with Crippen LogP contribution in [-0.2, 0) is 14.3 Å². The molecule has 3 N–H and O–H groups in total. The molecule has 0 saturated heterocycles. The van der Waals surface area contributed by atoms with Gasteiger partial charge in [0.05, 0.1) is 0 Å².